The zero-order valence-electron chi connectivity index (χ0n) is 18.8. The van der Waals surface area contributed by atoms with E-state index in [0.29, 0.717) is 34.3 Å². The molecule has 0 aliphatic carbocycles. The van der Waals surface area contributed by atoms with Gasteiger partial charge in [0.2, 0.25) is 0 Å². The summed E-state index contributed by atoms with van der Waals surface area (Å²) in [5, 5.41) is 3.68. The summed E-state index contributed by atoms with van der Waals surface area (Å²) in [6, 6.07) is 21.5. The highest BCUT2D eigenvalue weighted by molar-refractivity contribution is 6.30. The number of imidazole rings is 1. The van der Waals surface area contributed by atoms with Gasteiger partial charge in [0.25, 0.3) is 5.91 Å². The van der Waals surface area contributed by atoms with Crippen LogP contribution in [0.25, 0.3) is 22.6 Å². The zero-order chi connectivity index (χ0) is 23.5. The van der Waals surface area contributed by atoms with Crippen LogP contribution >= 0.6 is 11.6 Å². The molecule has 0 radical (unpaired) electrons. The van der Waals surface area contributed by atoms with Crippen molar-refractivity contribution in [3.05, 3.63) is 100 Å². The minimum Gasteiger partial charge on any atom is -0.344 e. The van der Waals surface area contributed by atoms with Crippen molar-refractivity contribution in [3.8, 4) is 22.6 Å². The Morgan fingerprint density at radius 3 is 2.45 bits per heavy atom. The molecule has 0 saturated heterocycles. The number of nitrogens with zero attached hydrogens (tertiary/aromatic N) is 2. The zero-order valence-corrected chi connectivity index (χ0v) is 19.5. The molecule has 3 aromatic carbocycles. The maximum absolute atomic E-state index is 14.9. The van der Waals surface area contributed by atoms with Crippen molar-refractivity contribution in [3.63, 3.8) is 0 Å². The van der Waals surface area contributed by atoms with Crippen molar-refractivity contribution in [2.75, 3.05) is 0 Å². The molecule has 4 nitrogen and oxygen atoms in total. The molecule has 0 fully saturated rings. The second kappa shape index (κ2) is 9.59. The fourth-order valence-electron chi connectivity index (χ4n) is 3.91. The van der Waals surface area contributed by atoms with Crippen LogP contribution in [0.1, 0.15) is 41.5 Å². The quantitative estimate of drug-likeness (QED) is 0.342. The highest BCUT2D eigenvalue weighted by atomic mass is 35.5. The number of hydrogen-bond acceptors (Lipinski definition) is 2. The fraction of sp³-hybridized carbons (Fsp3) is 0.185. The highest BCUT2D eigenvalue weighted by Crippen LogP contribution is 2.32. The van der Waals surface area contributed by atoms with Crippen LogP contribution < -0.4 is 5.32 Å². The molecular weight excluding hydrogens is 437 g/mol. The first kappa shape index (κ1) is 22.7. The summed E-state index contributed by atoms with van der Waals surface area (Å²) in [5.74, 6) is -0.107. The number of hydrogen-bond donors (Lipinski definition) is 1. The van der Waals surface area contributed by atoms with Crippen LogP contribution in [0.3, 0.4) is 0 Å². The molecule has 33 heavy (non-hydrogen) atoms. The van der Waals surface area contributed by atoms with Gasteiger partial charge in [0, 0.05) is 22.7 Å². The molecule has 1 aromatic heterocycles. The van der Waals surface area contributed by atoms with Crippen molar-refractivity contribution in [1.29, 1.82) is 0 Å². The number of amides is 1. The number of benzene rings is 3. The van der Waals surface area contributed by atoms with E-state index < -0.39 is 5.82 Å². The molecule has 4 rings (SSSR count). The molecule has 1 N–H and O–H groups in total. The van der Waals surface area contributed by atoms with E-state index in [-0.39, 0.29) is 11.9 Å². The number of carbonyl (C=O) groups excluding carboxylic acids is 1. The monoisotopic (exact) mass is 461 g/mol. The summed E-state index contributed by atoms with van der Waals surface area (Å²) < 4.78 is 16.8. The Bertz CT molecular complexity index is 1280. The van der Waals surface area contributed by atoms with Crippen LogP contribution in [0.4, 0.5) is 4.39 Å². The van der Waals surface area contributed by atoms with Crippen LogP contribution in [0.5, 0.6) is 0 Å². The summed E-state index contributed by atoms with van der Waals surface area (Å²) >= 11 is 6.00. The number of carbonyl (C=O) groups is 1. The Hall–Kier alpha value is -3.44. The summed E-state index contributed by atoms with van der Waals surface area (Å²) in [6.45, 7) is 6.24. The van der Waals surface area contributed by atoms with Crippen LogP contribution in [0.2, 0.25) is 5.02 Å². The maximum atomic E-state index is 14.9. The van der Waals surface area contributed by atoms with Gasteiger partial charge in [-0.25, -0.2) is 9.37 Å². The Balaban J connectivity index is 1.84. The standard InChI is InChI=1S/C27H25ClFN3O/c1-4-32-25(27(33)30-18(3)19-11-13-21(28)14-12-19)24(22-16-17(2)10-15-23(22)29)31-26(32)20-8-6-5-7-9-20/h5-16,18H,4H2,1-3H3,(H,30,33). The van der Waals surface area contributed by atoms with E-state index >= 15 is 0 Å². The third-order valence-corrected chi connectivity index (χ3v) is 5.88. The van der Waals surface area contributed by atoms with Crippen molar-refractivity contribution < 1.29 is 9.18 Å². The minimum absolute atomic E-state index is 0.273. The van der Waals surface area contributed by atoms with Gasteiger partial charge in [0.15, 0.2) is 0 Å². The molecule has 1 heterocycles. The Labute approximate surface area is 198 Å². The summed E-state index contributed by atoms with van der Waals surface area (Å²) in [6.07, 6.45) is 0. The molecule has 0 saturated carbocycles. The normalized spacial score (nSPS) is 11.9. The fourth-order valence-corrected chi connectivity index (χ4v) is 4.03. The molecule has 4 aromatic rings. The van der Waals surface area contributed by atoms with Crippen molar-refractivity contribution in [1.82, 2.24) is 14.9 Å². The van der Waals surface area contributed by atoms with Crippen LogP contribution in [-0.4, -0.2) is 15.5 Å². The number of nitrogens with one attached hydrogen (secondary N) is 1. The second-order valence-electron chi connectivity index (χ2n) is 7.97. The molecular formula is C27H25ClFN3O. The first-order chi connectivity index (χ1) is 15.9. The lowest BCUT2D eigenvalue weighted by Gasteiger charge is -2.17. The second-order valence-corrected chi connectivity index (χ2v) is 8.41. The van der Waals surface area contributed by atoms with E-state index in [1.165, 1.54) is 6.07 Å². The molecule has 1 amide bonds. The Kier molecular flexibility index (Phi) is 6.61. The van der Waals surface area contributed by atoms with Gasteiger partial charge in [-0.05, 0) is 50.6 Å². The lowest BCUT2D eigenvalue weighted by atomic mass is 10.1. The Morgan fingerprint density at radius 2 is 1.79 bits per heavy atom. The third-order valence-electron chi connectivity index (χ3n) is 5.63. The van der Waals surface area contributed by atoms with Crippen molar-refractivity contribution >= 4 is 17.5 Å². The molecule has 0 aliphatic heterocycles. The molecule has 0 aliphatic rings. The van der Waals surface area contributed by atoms with E-state index in [0.717, 1.165) is 16.7 Å². The summed E-state index contributed by atoms with van der Waals surface area (Å²) in [5.41, 5.74) is 3.64. The predicted molar refractivity (Wildman–Crippen MR) is 131 cm³/mol. The molecule has 6 heteroatoms. The van der Waals surface area contributed by atoms with Crippen LogP contribution in [-0.2, 0) is 6.54 Å². The van der Waals surface area contributed by atoms with E-state index in [1.54, 1.807) is 24.3 Å². The number of halogens is 2. The van der Waals surface area contributed by atoms with Gasteiger partial charge in [-0.3, -0.25) is 4.79 Å². The first-order valence-electron chi connectivity index (χ1n) is 10.9. The average Bonchev–Trinajstić information content (AvgIpc) is 3.21. The summed E-state index contributed by atoms with van der Waals surface area (Å²) in [7, 11) is 0. The molecule has 1 unspecified atom stereocenters. The number of aryl methyl sites for hydroxylation is 1. The largest absolute Gasteiger partial charge is 0.344 e. The lowest BCUT2D eigenvalue weighted by molar-refractivity contribution is 0.0931. The van der Waals surface area contributed by atoms with E-state index in [2.05, 4.69) is 5.32 Å². The van der Waals surface area contributed by atoms with Gasteiger partial charge in [-0.2, -0.15) is 0 Å². The lowest BCUT2D eigenvalue weighted by Crippen LogP contribution is -2.29. The predicted octanol–water partition coefficient (Wildman–Crippen LogP) is 6.83. The Morgan fingerprint density at radius 1 is 1.09 bits per heavy atom. The average molecular weight is 462 g/mol. The van der Waals surface area contributed by atoms with Gasteiger partial charge in [0.1, 0.15) is 23.0 Å². The van der Waals surface area contributed by atoms with Crippen LogP contribution in [0.15, 0.2) is 72.8 Å². The molecule has 0 bridgehead atoms. The number of aromatic nitrogens is 2. The van der Waals surface area contributed by atoms with Gasteiger partial charge in [-0.1, -0.05) is 65.7 Å². The van der Waals surface area contributed by atoms with Crippen LogP contribution in [0, 0.1) is 12.7 Å². The molecule has 1 atom stereocenters. The topological polar surface area (TPSA) is 46.9 Å². The van der Waals surface area contributed by atoms with E-state index in [9.17, 15) is 9.18 Å². The third kappa shape index (κ3) is 4.69. The van der Waals surface area contributed by atoms with Gasteiger partial charge < -0.3 is 9.88 Å². The van der Waals surface area contributed by atoms with Crippen molar-refractivity contribution in [2.45, 2.75) is 33.4 Å². The van der Waals surface area contributed by atoms with Gasteiger partial charge >= 0.3 is 0 Å². The molecule has 0 spiro atoms. The molecule has 168 valence electrons. The summed E-state index contributed by atoms with van der Waals surface area (Å²) in [4.78, 5) is 18.4. The SMILES string of the molecule is CCn1c(-c2ccccc2)nc(-c2cc(C)ccc2F)c1C(=O)NC(C)c1ccc(Cl)cc1. The highest BCUT2D eigenvalue weighted by Gasteiger charge is 2.27. The first-order valence-corrected chi connectivity index (χ1v) is 11.3. The van der Waals surface area contributed by atoms with Gasteiger partial charge in [0.05, 0.1) is 6.04 Å². The minimum atomic E-state index is -0.416. The van der Waals surface area contributed by atoms with Gasteiger partial charge in [-0.15, -0.1) is 0 Å². The van der Waals surface area contributed by atoms with E-state index in [4.69, 9.17) is 16.6 Å². The van der Waals surface area contributed by atoms with Crippen molar-refractivity contribution in [2.24, 2.45) is 0 Å². The maximum Gasteiger partial charge on any atom is 0.270 e. The smallest absolute Gasteiger partial charge is 0.270 e. The number of rotatable bonds is 6. The van der Waals surface area contributed by atoms with E-state index in [1.807, 2.05) is 67.8 Å².